The molecule has 24 heteroatoms. The summed E-state index contributed by atoms with van der Waals surface area (Å²) in [5.74, 6) is -0.0206. The number of aryl methyl sites for hydroxylation is 2. The van der Waals surface area contributed by atoms with E-state index in [0.717, 1.165) is 11.8 Å². The number of nitrogens with zero attached hydrogens (tertiary/aromatic N) is 8. The molecule has 0 spiro atoms. The van der Waals surface area contributed by atoms with Crippen LogP contribution in [-0.4, -0.2) is 53.8 Å². The van der Waals surface area contributed by atoms with Crippen molar-refractivity contribution in [1.82, 2.24) is 19.9 Å². The van der Waals surface area contributed by atoms with E-state index in [2.05, 4.69) is 24.7 Å². The predicted molar refractivity (Wildman–Crippen MR) is 173 cm³/mol. The molecule has 0 aliphatic heterocycles. The van der Waals surface area contributed by atoms with Gasteiger partial charge in [0.25, 0.3) is 11.6 Å². The topological polar surface area (TPSA) is 399 Å². The molecule has 4 aromatic heterocycles. The Morgan fingerprint density at radius 2 is 1.00 bits per heavy atom. The fourth-order valence-corrected chi connectivity index (χ4v) is 3.05. The Morgan fingerprint density at radius 3 is 1.35 bits per heavy atom. The summed E-state index contributed by atoms with van der Waals surface area (Å²) in [5, 5.41) is 41.7. The van der Waals surface area contributed by atoms with Crippen LogP contribution in [0, 0.1) is 54.3 Å². The summed E-state index contributed by atoms with van der Waals surface area (Å²) < 4.78 is 9.53. The standard InChI is InChI=1S/C7H7N3O5.C7H9NO.C5H5N5O4.C5H9N5/c1-4-5(9(11)12)3-6(10(13)14)7(8-4)15-2;1-6-4-3-5-7(8-6)9-2;6-4-2(9(11)12)1-3(10(13)14)5(7)8-4;6-2-1-3(7)5(9)10-4(2)8/h3H,1-2H3;3-5H,1-2H3;1H,(H4,6,7,8);1H,6-7H2,(H4,8,9,10). The molecule has 0 amide bonds. The maximum absolute atomic E-state index is 10.5. The molecule has 0 aliphatic carbocycles. The van der Waals surface area contributed by atoms with Crippen molar-refractivity contribution < 1.29 is 29.2 Å². The van der Waals surface area contributed by atoms with Gasteiger partial charge in [-0.1, -0.05) is 6.07 Å². The third kappa shape index (κ3) is 10.9. The summed E-state index contributed by atoms with van der Waals surface area (Å²) in [6.45, 7) is 3.31. The number of pyridine rings is 4. The van der Waals surface area contributed by atoms with Crippen LogP contribution in [0.25, 0.3) is 0 Å². The van der Waals surface area contributed by atoms with Gasteiger partial charge in [0.2, 0.25) is 17.5 Å². The monoisotopic (exact) mass is 674 g/mol. The first kappa shape index (κ1) is 38.6. The van der Waals surface area contributed by atoms with Crippen molar-refractivity contribution >= 4 is 57.4 Å². The number of anilines is 6. The SMILES string of the molecule is COc1cccc(C)n1.COc1nc(C)c([N+](=O)[O-])cc1[N+](=O)[O-].Nc1cc(N)c(N)nc1N.Nc1nc(N)c([N+](=O)[O-])cc1[N+](=O)[O-]. The van der Waals surface area contributed by atoms with Crippen molar-refractivity contribution in [2.24, 2.45) is 0 Å². The lowest BCUT2D eigenvalue weighted by atomic mass is 10.3. The molecule has 4 aromatic rings. The number of nitrogens with two attached hydrogens (primary N) is 6. The highest BCUT2D eigenvalue weighted by Gasteiger charge is 2.25. The van der Waals surface area contributed by atoms with Gasteiger partial charge in [0.15, 0.2) is 0 Å². The third-order valence-corrected chi connectivity index (χ3v) is 5.37. The molecular formula is C24H30N14O10. The van der Waals surface area contributed by atoms with Crippen molar-refractivity contribution in [3.05, 3.63) is 88.2 Å². The van der Waals surface area contributed by atoms with Crippen LogP contribution >= 0.6 is 0 Å². The number of rotatable bonds is 6. The average Bonchev–Trinajstić information content (AvgIpc) is 3.00. The average molecular weight is 675 g/mol. The lowest BCUT2D eigenvalue weighted by Gasteiger charge is -2.02. The Hall–Kier alpha value is -7.40. The zero-order chi connectivity index (χ0) is 36.9. The van der Waals surface area contributed by atoms with Crippen molar-refractivity contribution in [2.45, 2.75) is 13.8 Å². The van der Waals surface area contributed by atoms with Gasteiger partial charge < -0.3 is 43.9 Å². The maximum Gasteiger partial charge on any atom is 0.337 e. The van der Waals surface area contributed by atoms with Crippen LogP contribution in [0.4, 0.5) is 57.4 Å². The van der Waals surface area contributed by atoms with E-state index in [1.165, 1.54) is 20.1 Å². The first-order valence-corrected chi connectivity index (χ1v) is 12.6. The zero-order valence-electron chi connectivity index (χ0n) is 25.6. The Morgan fingerprint density at radius 1 is 0.562 bits per heavy atom. The second-order valence-electron chi connectivity index (χ2n) is 8.71. The fourth-order valence-electron chi connectivity index (χ4n) is 3.05. The number of aromatic nitrogens is 4. The molecule has 4 heterocycles. The summed E-state index contributed by atoms with van der Waals surface area (Å²) in [4.78, 5) is 53.1. The van der Waals surface area contributed by atoms with Gasteiger partial charge in [-0.2, -0.15) is 0 Å². The minimum Gasteiger partial charge on any atom is -0.481 e. The maximum atomic E-state index is 10.5. The van der Waals surface area contributed by atoms with Crippen LogP contribution in [0.5, 0.6) is 11.8 Å². The first-order valence-electron chi connectivity index (χ1n) is 12.6. The van der Waals surface area contributed by atoms with Gasteiger partial charge >= 0.3 is 17.1 Å². The van der Waals surface area contributed by atoms with Crippen LogP contribution in [0.3, 0.4) is 0 Å². The number of hydrogen-bond acceptors (Lipinski definition) is 20. The number of nitrogen functional groups attached to an aromatic ring is 6. The number of ether oxygens (including phenoxy) is 2. The normalized spacial score (nSPS) is 9.58. The number of nitro groups is 4. The minimum atomic E-state index is -0.866. The van der Waals surface area contributed by atoms with Gasteiger partial charge in [-0.3, -0.25) is 40.5 Å². The highest BCUT2D eigenvalue weighted by molar-refractivity contribution is 5.72. The van der Waals surface area contributed by atoms with Gasteiger partial charge in [0, 0.05) is 11.8 Å². The lowest BCUT2D eigenvalue weighted by molar-refractivity contribution is -0.395. The zero-order valence-corrected chi connectivity index (χ0v) is 25.6. The smallest absolute Gasteiger partial charge is 0.337 e. The van der Waals surface area contributed by atoms with Crippen molar-refractivity contribution in [2.75, 3.05) is 48.6 Å². The van der Waals surface area contributed by atoms with Gasteiger partial charge in [-0.15, -0.1) is 0 Å². The van der Waals surface area contributed by atoms with E-state index < -0.39 is 54.1 Å². The largest absolute Gasteiger partial charge is 0.481 e. The molecule has 12 N–H and O–H groups in total. The van der Waals surface area contributed by atoms with E-state index in [0.29, 0.717) is 23.3 Å². The minimum absolute atomic E-state index is 0.0717. The molecule has 0 atom stereocenters. The second kappa shape index (κ2) is 17.2. The molecule has 24 nitrogen and oxygen atoms in total. The Bertz CT molecular complexity index is 1740. The van der Waals surface area contributed by atoms with Gasteiger partial charge in [0.1, 0.15) is 29.5 Å². The molecule has 0 radical (unpaired) electrons. The Kier molecular flexibility index (Phi) is 13.8. The second-order valence-corrected chi connectivity index (χ2v) is 8.71. The molecule has 0 saturated carbocycles. The summed E-state index contributed by atoms with van der Waals surface area (Å²) in [5.41, 5.74) is 31.2. The quantitative estimate of drug-likeness (QED) is 0.126. The van der Waals surface area contributed by atoms with Crippen LogP contribution in [0.2, 0.25) is 0 Å². The van der Waals surface area contributed by atoms with E-state index in [4.69, 9.17) is 39.1 Å². The van der Waals surface area contributed by atoms with E-state index in [-0.39, 0.29) is 23.2 Å². The van der Waals surface area contributed by atoms with Crippen molar-refractivity contribution in [1.29, 1.82) is 0 Å². The predicted octanol–water partition coefficient (Wildman–Crippen LogP) is 2.09. The number of methoxy groups -OCH3 is 2. The van der Waals surface area contributed by atoms with E-state index in [1.54, 1.807) is 7.11 Å². The van der Waals surface area contributed by atoms with Crippen LogP contribution in [0.1, 0.15) is 11.4 Å². The van der Waals surface area contributed by atoms with Crippen molar-refractivity contribution in [3.63, 3.8) is 0 Å². The van der Waals surface area contributed by atoms with Crippen LogP contribution < -0.4 is 43.9 Å². The van der Waals surface area contributed by atoms with Crippen molar-refractivity contribution in [3.8, 4) is 11.8 Å². The number of hydrogen-bond donors (Lipinski definition) is 6. The van der Waals surface area contributed by atoms with Gasteiger partial charge in [-0.25, -0.2) is 19.9 Å². The molecule has 48 heavy (non-hydrogen) atoms. The first-order chi connectivity index (χ1) is 22.3. The highest BCUT2D eigenvalue weighted by Crippen LogP contribution is 2.31. The van der Waals surface area contributed by atoms with Gasteiger partial charge in [0.05, 0.1) is 45.3 Å². The highest BCUT2D eigenvalue weighted by atomic mass is 16.6. The Balaban J connectivity index is 0.000000326. The summed E-state index contributed by atoms with van der Waals surface area (Å²) in [6.07, 6.45) is 0. The molecule has 0 fully saturated rings. The molecular weight excluding hydrogens is 644 g/mol. The molecule has 0 saturated heterocycles. The Labute approximate surface area is 269 Å². The van der Waals surface area contributed by atoms with Crippen LogP contribution in [-0.2, 0) is 0 Å². The molecule has 0 bridgehead atoms. The third-order valence-electron chi connectivity index (χ3n) is 5.37. The van der Waals surface area contributed by atoms with E-state index in [1.807, 2.05) is 25.1 Å². The molecule has 0 aromatic carbocycles. The van der Waals surface area contributed by atoms with Gasteiger partial charge in [-0.05, 0) is 26.0 Å². The fraction of sp³-hybridized carbons (Fsp3) is 0.167. The lowest BCUT2D eigenvalue weighted by Crippen LogP contribution is -2.04. The summed E-state index contributed by atoms with van der Waals surface area (Å²) >= 11 is 0. The molecule has 0 unspecified atom stereocenters. The van der Waals surface area contributed by atoms with Crippen LogP contribution in [0.15, 0.2) is 36.4 Å². The molecule has 0 aliphatic rings. The molecule has 256 valence electrons. The summed E-state index contributed by atoms with van der Waals surface area (Å²) in [6, 6.07) is 8.67. The summed E-state index contributed by atoms with van der Waals surface area (Å²) in [7, 11) is 2.82. The molecule has 4 rings (SSSR count). The van der Waals surface area contributed by atoms with E-state index >= 15 is 0 Å². The van der Waals surface area contributed by atoms with E-state index in [9.17, 15) is 40.5 Å².